The molecule has 1 aromatic heterocycles. The van der Waals surface area contributed by atoms with Gasteiger partial charge >= 0.3 is 0 Å². The summed E-state index contributed by atoms with van der Waals surface area (Å²) in [6, 6.07) is 6.04. The van der Waals surface area contributed by atoms with Gasteiger partial charge in [0, 0.05) is 5.92 Å². The van der Waals surface area contributed by atoms with E-state index in [4.69, 9.17) is 0 Å². The van der Waals surface area contributed by atoms with E-state index in [9.17, 15) is 12.8 Å². The number of halogens is 1. The third-order valence-electron chi connectivity index (χ3n) is 3.73. The van der Waals surface area contributed by atoms with Crippen molar-refractivity contribution in [2.24, 2.45) is 0 Å². The van der Waals surface area contributed by atoms with Gasteiger partial charge in [0.05, 0.1) is 17.2 Å². The van der Waals surface area contributed by atoms with E-state index in [0.29, 0.717) is 18.7 Å². The van der Waals surface area contributed by atoms with E-state index in [1.165, 1.54) is 12.1 Å². The van der Waals surface area contributed by atoms with Crippen LogP contribution < -0.4 is 0 Å². The van der Waals surface area contributed by atoms with Crippen LogP contribution in [0.5, 0.6) is 0 Å². The van der Waals surface area contributed by atoms with Crippen LogP contribution in [0.1, 0.15) is 30.4 Å². The third-order valence-corrected chi connectivity index (χ3v) is 5.44. The SMILES string of the molecule is Cc1nc(C2CCS(=O)(=O)CC2)n(-c2ccc(F)cc2)n1. The molecule has 0 N–H and O–H groups in total. The number of hydrogen-bond donors (Lipinski definition) is 0. The molecule has 1 aromatic carbocycles. The molecular weight excluding hydrogens is 293 g/mol. The molecule has 1 aliphatic heterocycles. The maximum atomic E-state index is 13.0. The summed E-state index contributed by atoms with van der Waals surface area (Å²) in [7, 11) is -2.91. The first kappa shape index (κ1) is 14.2. The second kappa shape index (κ2) is 5.22. The fourth-order valence-electron chi connectivity index (χ4n) is 2.62. The second-order valence-electron chi connectivity index (χ2n) is 5.33. The predicted molar refractivity (Wildman–Crippen MR) is 76.7 cm³/mol. The number of nitrogens with zero attached hydrogens (tertiary/aromatic N) is 3. The van der Waals surface area contributed by atoms with E-state index in [-0.39, 0.29) is 23.2 Å². The molecule has 0 unspecified atom stereocenters. The molecule has 2 heterocycles. The van der Waals surface area contributed by atoms with Gasteiger partial charge in [0.2, 0.25) is 0 Å². The number of sulfone groups is 1. The number of rotatable bonds is 2. The molecule has 0 radical (unpaired) electrons. The van der Waals surface area contributed by atoms with Crippen molar-refractivity contribution in [3.05, 3.63) is 41.7 Å². The van der Waals surface area contributed by atoms with E-state index in [2.05, 4.69) is 10.1 Å². The van der Waals surface area contributed by atoms with Gasteiger partial charge < -0.3 is 0 Å². The lowest BCUT2D eigenvalue weighted by Crippen LogP contribution is -2.24. The molecule has 1 aliphatic rings. The first-order valence-corrected chi connectivity index (χ1v) is 8.67. The lowest BCUT2D eigenvalue weighted by molar-refractivity contribution is 0.529. The van der Waals surface area contributed by atoms with Gasteiger partial charge in [0.15, 0.2) is 0 Å². The van der Waals surface area contributed by atoms with Crippen LogP contribution in [-0.4, -0.2) is 34.7 Å². The summed E-state index contributed by atoms with van der Waals surface area (Å²) in [4.78, 5) is 4.44. The van der Waals surface area contributed by atoms with Gasteiger partial charge in [-0.05, 0) is 44.0 Å². The Morgan fingerprint density at radius 1 is 1.19 bits per heavy atom. The van der Waals surface area contributed by atoms with Crippen molar-refractivity contribution in [1.29, 1.82) is 0 Å². The van der Waals surface area contributed by atoms with Crippen molar-refractivity contribution in [3.63, 3.8) is 0 Å². The topological polar surface area (TPSA) is 64.8 Å². The zero-order chi connectivity index (χ0) is 15.0. The summed E-state index contributed by atoms with van der Waals surface area (Å²) >= 11 is 0. The van der Waals surface area contributed by atoms with Crippen LogP contribution in [0.3, 0.4) is 0 Å². The fraction of sp³-hybridized carbons (Fsp3) is 0.429. The summed E-state index contributed by atoms with van der Waals surface area (Å²) in [6.07, 6.45) is 1.11. The van der Waals surface area contributed by atoms with Gasteiger partial charge in [-0.15, -0.1) is 0 Å². The van der Waals surface area contributed by atoms with Crippen molar-refractivity contribution in [3.8, 4) is 5.69 Å². The molecule has 0 amide bonds. The summed E-state index contributed by atoms with van der Waals surface area (Å²) in [6.45, 7) is 1.79. The molecular formula is C14H16FN3O2S. The number of aromatic nitrogens is 3. The Bertz CT molecular complexity index is 739. The maximum Gasteiger partial charge on any atom is 0.150 e. The monoisotopic (exact) mass is 309 g/mol. The van der Waals surface area contributed by atoms with Crippen LogP contribution in [0.15, 0.2) is 24.3 Å². The van der Waals surface area contributed by atoms with Crippen molar-refractivity contribution < 1.29 is 12.8 Å². The van der Waals surface area contributed by atoms with E-state index in [1.807, 2.05) is 0 Å². The number of aryl methyl sites for hydroxylation is 1. The van der Waals surface area contributed by atoms with Crippen molar-refractivity contribution in [1.82, 2.24) is 14.8 Å². The van der Waals surface area contributed by atoms with Gasteiger partial charge in [-0.25, -0.2) is 22.5 Å². The zero-order valence-electron chi connectivity index (χ0n) is 11.7. The van der Waals surface area contributed by atoms with Gasteiger partial charge in [-0.3, -0.25) is 0 Å². The number of benzene rings is 1. The lowest BCUT2D eigenvalue weighted by atomic mass is 10.0. The molecule has 0 aliphatic carbocycles. The van der Waals surface area contributed by atoms with Crippen molar-refractivity contribution in [2.75, 3.05) is 11.5 Å². The maximum absolute atomic E-state index is 13.0. The molecule has 0 spiro atoms. The number of hydrogen-bond acceptors (Lipinski definition) is 4. The predicted octanol–water partition coefficient (Wildman–Crippen LogP) is 2.01. The fourth-order valence-corrected chi connectivity index (χ4v) is 4.11. The lowest BCUT2D eigenvalue weighted by Gasteiger charge is -2.21. The molecule has 1 fully saturated rings. The molecule has 21 heavy (non-hydrogen) atoms. The Morgan fingerprint density at radius 3 is 2.43 bits per heavy atom. The van der Waals surface area contributed by atoms with Gasteiger partial charge in [0.1, 0.15) is 27.3 Å². The van der Waals surface area contributed by atoms with E-state index in [0.717, 1.165) is 11.5 Å². The summed E-state index contributed by atoms with van der Waals surface area (Å²) in [5, 5.41) is 4.36. The minimum absolute atomic E-state index is 0.0692. The summed E-state index contributed by atoms with van der Waals surface area (Å²) in [5.74, 6) is 1.53. The minimum Gasteiger partial charge on any atom is -0.229 e. The van der Waals surface area contributed by atoms with Gasteiger partial charge in [0.25, 0.3) is 0 Å². The highest BCUT2D eigenvalue weighted by atomic mass is 32.2. The minimum atomic E-state index is -2.91. The first-order chi connectivity index (χ1) is 9.94. The quantitative estimate of drug-likeness (QED) is 0.851. The second-order valence-corrected chi connectivity index (χ2v) is 7.64. The molecule has 3 rings (SSSR count). The average Bonchev–Trinajstić information content (AvgIpc) is 2.81. The van der Waals surface area contributed by atoms with Crippen LogP contribution in [-0.2, 0) is 9.84 Å². The van der Waals surface area contributed by atoms with Crippen LogP contribution >= 0.6 is 0 Å². The summed E-state index contributed by atoms with van der Waals surface area (Å²) in [5.41, 5.74) is 0.737. The van der Waals surface area contributed by atoms with E-state index in [1.54, 1.807) is 23.7 Å². The smallest absolute Gasteiger partial charge is 0.150 e. The highest BCUT2D eigenvalue weighted by Gasteiger charge is 2.28. The Labute approximate surface area is 122 Å². The first-order valence-electron chi connectivity index (χ1n) is 6.84. The Hall–Kier alpha value is -1.76. The van der Waals surface area contributed by atoms with Gasteiger partial charge in [-0.1, -0.05) is 0 Å². The largest absolute Gasteiger partial charge is 0.229 e. The molecule has 112 valence electrons. The highest BCUT2D eigenvalue weighted by molar-refractivity contribution is 7.91. The Morgan fingerprint density at radius 2 is 1.81 bits per heavy atom. The standard InChI is InChI=1S/C14H16FN3O2S/c1-10-16-14(11-6-8-21(19,20)9-7-11)18(17-10)13-4-2-12(15)3-5-13/h2-5,11H,6-9H2,1H3. The average molecular weight is 309 g/mol. The highest BCUT2D eigenvalue weighted by Crippen LogP contribution is 2.29. The third kappa shape index (κ3) is 2.97. The zero-order valence-corrected chi connectivity index (χ0v) is 12.5. The normalized spacial score (nSPS) is 18.8. The molecule has 0 saturated carbocycles. The van der Waals surface area contributed by atoms with Gasteiger partial charge in [-0.2, -0.15) is 5.10 Å². The molecule has 1 saturated heterocycles. The van der Waals surface area contributed by atoms with E-state index >= 15 is 0 Å². The summed E-state index contributed by atoms with van der Waals surface area (Å²) < 4.78 is 37.8. The van der Waals surface area contributed by atoms with Crippen LogP contribution in [0, 0.1) is 12.7 Å². The Balaban J connectivity index is 1.95. The molecule has 0 atom stereocenters. The van der Waals surface area contributed by atoms with Crippen LogP contribution in [0.4, 0.5) is 4.39 Å². The van der Waals surface area contributed by atoms with Crippen LogP contribution in [0.2, 0.25) is 0 Å². The molecule has 7 heteroatoms. The molecule has 2 aromatic rings. The molecule has 5 nitrogen and oxygen atoms in total. The molecule has 0 bridgehead atoms. The Kier molecular flexibility index (Phi) is 3.52. The van der Waals surface area contributed by atoms with Crippen molar-refractivity contribution in [2.45, 2.75) is 25.7 Å². The van der Waals surface area contributed by atoms with E-state index < -0.39 is 9.84 Å². The van der Waals surface area contributed by atoms with Crippen LogP contribution in [0.25, 0.3) is 5.69 Å². The van der Waals surface area contributed by atoms with Crippen molar-refractivity contribution >= 4 is 9.84 Å².